The number of hydrogen-bond donors (Lipinski definition) is 3. The Balaban J connectivity index is 1.46. The summed E-state index contributed by atoms with van der Waals surface area (Å²) >= 11 is 7.85. The number of carbonyl (C=O) groups is 1. The highest BCUT2D eigenvalue weighted by Crippen LogP contribution is 2.37. The zero-order valence-electron chi connectivity index (χ0n) is 17.6. The molecule has 3 aromatic rings. The molecule has 1 aliphatic heterocycles. The lowest BCUT2D eigenvalue weighted by molar-refractivity contribution is 0.0699. The summed E-state index contributed by atoms with van der Waals surface area (Å²) in [6, 6.07) is 8.17. The van der Waals surface area contributed by atoms with Gasteiger partial charge in [0.2, 0.25) is 5.95 Å². The minimum Gasteiger partial charge on any atom is -0.478 e. The number of carboxylic acid groups (broad SMARTS) is 1. The average Bonchev–Trinajstić information content (AvgIpc) is 3.18. The van der Waals surface area contributed by atoms with Crippen molar-refractivity contribution < 1.29 is 9.90 Å². The van der Waals surface area contributed by atoms with Crippen molar-refractivity contribution >= 4 is 44.9 Å². The molecule has 0 saturated carbocycles. The van der Waals surface area contributed by atoms with Gasteiger partial charge in [-0.25, -0.2) is 14.8 Å². The van der Waals surface area contributed by atoms with Gasteiger partial charge in [0.15, 0.2) is 0 Å². The number of rotatable bonds is 7. The van der Waals surface area contributed by atoms with Crippen LogP contribution in [-0.2, 0) is 0 Å². The topological polar surface area (TPSA) is 90.4 Å². The van der Waals surface area contributed by atoms with E-state index < -0.39 is 5.97 Å². The van der Waals surface area contributed by atoms with Crippen LogP contribution in [0.15, 0.2) is 30.5 Å². The van der Waals surface area contributed by atoms with Crippen LogP contribution < -0.4 is 10.6 Å². The van der Waals surface area contributed by atoms with Crippen LogP contribution >= 0.6 is 22.9 Å². The van der Waals surface area contributed by atoms with E-state index in [1.54, 1.807) is 18.3 Å². The first-order chi connectivity index (χ1) is 14.9. The molecular weight excluding hydrogens is 434 g/mol. The van der Waals surface area contributed by atoms with Crippen LogP contribution in [-0.4, -0.2) is 64.2 Å². The van der Waals surface area contributed by atoms with E-state index in [2.05, 4.69) is 39.3 Å². The van der Waals surface area contributed by atoms with Crippen molar-refractivity contribution in [1.82, 2.24) is 20.2 Å². The molecule has 2 atom stereocenters. The van der Waals surface area contributed by atoms with Crippen LogP contribution in [0.1, 0.15) is 30.6 Å². The van der Waals surface area contributed by atoms with E-state index >= 15 is 0 Å². The van der Waals surface area contributed by atoms with Crippen LogP contribution in [0.3, 0.4) is 0 Å². The highest BCUT2D eigenvalue weighted by molar-refractivity contribution is 7.22. The molecule has 31 heavy (non-hydrogen) atoms. The summed E-state index contributed by atoms with van der Waals surface area (Å²) < 4.78 is 0.887. The Morgan fingerprint density at radius 1 is 1.35 bits per heavy atom. The fourth-order valence-corrected chi connectivity index (χ4v) is 5.40. The van der Waals surface area contributed by atoms with E-state index in [4.69, 9.17) is 11.6 Å². The second-order valence-corrected chi connectivity index (χ2v) is 9.39. The number of aromatic carboxylic acids is 1. The number of nitrogens with zero attached hydrogens (tertiary/aromatic N) is 3. The van der Waals surface area contributed by atoms with Gasteiger partial charge in [-0.3, -0.25) is 4.90 Å². The van der Waals surface area contributed by atoms with E-state index in [0.29, 0.717) is 34.1 Å². The molecule has 7 nitrogen and oxygen atoms in total. The van der Waals surface area contributed by atoms with Gasteiger partial charge >= 0.3 is 5.97 Å². The van der Waals surface area contributed by atoms with E-state index in [0.717, 1.165) is 42.2 Å². The molecular formula is C22H26ClN5O2S. The van der Waals surface area contributed by atoms with Gasteiger partial charge in [0.05, 0.1) is 21.7 Å². The van der Waals surface area contributed by atoms with Gasteiger partial charge in [-0.1, -0.05) is 17.7 Å². The fraction of sp³-hybridized carbons (Fsp3) is 0.409. The van der Waals surface area contributed by atoms with Crippen molar-refractivity contribution in [3.05, 3.63) is 41.0 Å². The number of benzene rings is 1. The van der Waals surface area contributed by atoms with Crippen molar-refractivity contribution in [2.75, 3.05) is 31.5 Å². The molecule has 3 heterocycles. The third-order valence-electron chi connectivity index (χ3n) is 5.66. The van der Waals surface area contributed by atoms with Gasteiger partial charge in [-0.05, 0) is 38.5 Å². The zero-order valence-corrected chi connectivity index (χ0v) is 19.1. The Morgan fingerprint density at radius 2 is 2.13 bits per heavy atom. The maximum Gasteiger partial charge on any atom is 0.336 e. The maximum absolute atomic E-state index is 11.5. The number of fused-ring (bicyclic) bond motifs is 1. The van der Waals surface area contributed by atoms with Crippen molar-refractivity contribution in [3.63, 3.8) is 0 Å². The highest BCUT2D eigenvalue weighted by Gasteiger charge is 2.23. The van der Waals surface area contributed by atoms with Gasteiger partial charge in [0, 0.05) is 48.3 Å². The van der Waals surface area contributed by atoms with Crippen LogP contribution in [0.2, 0.25) is 5.02 Å². The van der Waals surface area contributed by atoms with Crippen molar-refractivity contribution in [2.24, 2.45) is 0 Å². The summed E-state index contributed by atoms with van der Waals surface area (Å²) in [4.78, 5) is 23.8. The van der Waals surface area contributed by atoms with Crippen molar-refractivity contribution in [1.29, 1.82) is 0 Å². The molecule has 1 saturated heterocycles. The Morgan fingerprint density at radius 3 is 2.87 bits per heavy atom. The predicted molar refractivity (Wildman–Crippen MR) is 126 cm³/mol. The number of piperazine rings is 1. The average molecular weight is 460 g/mol. The molecule has 2 aromatic heterocycles. The predicted octanol–water partition coefficient (Wildman–Crippen LogP) is 4.19. The van der Waals surface area contributed by atoms with Gasteiger partial charge in [-0.15, -0.1) is 11.3 Å². The molecule has 0 amide bonds. The lowest BCUT2D eigenvalue weighted by Gasteiger charge is -2.39. The van der Waals surface area contributed by atoms with Gasteiger partial charge in [0.25, 0.3) is 0 Å². The zero-order chi connectivity index (χ0) is 22.0. The lowest BCUT2D eigenvalue weighted by atomic mass is 10.1. The van der Waals surface area contributed by atoms with Crippen LogP contribution in [0, 0.1) is 0 Å². The van der Waals surface area contributed by atoms with E-state index in [-0.39, 0.29) is 5.56 Å². The second kappa shape index (κ2) is 9.48. The molecule has 1 aromatic carbocycles. The Labute approximate surface area is 190 Å². The van der Waals surface area contributed by atoms with Crippen molar-refractivity contribution in [2.45, 2.75) is 32.4 Å². The molecule has 1 aliphatic rings. The summed E-state index contributed by atoms with van der Waals surface area (Å²) in [6.07, 6.45) is 2.58. The summed E-state index contributed by atoms with van der Waals surface area (Å²) in [5, 5.41) is 17.3. The van der Waals surface area contributed by atoms with Gasteiger partial charge in [0.1, 0.15) is 5.69 Å². The number of thiophene rings is 1. The molecule has 0 bridgehead atoms. The quantitative estimate of drug-likeness (QED) is 0.456. The molecule has 3 N–H and O–H groups in total. The Kier molecular flexibility index (Phi) is 6.71. The third-order valence-corrected chi connectivity index (χ3v) is 7.04. The SMILES string of the molecule is C[C@@H]1CNC[C@H](C)N1CCCNc1ncc(Cl)c(-c2cc3c(C(=O)O)cccc3s2)n1. The first-order valence-electron chi connectivity index (χ1n) is 10.4. The van der Waals surface area contributed by atoms with E-state index in [9.17, 15) is 9.90 Å². The maximum atomic E-state index is 11.5. The minimum atomic E-state index is -0.945. The largest absolute Gasteiger partial charge is 0.478 e. The molecule has 0 radical (unpaired) electrons. The first kappa shape index (κ1) is 22.0. The third kappa shape index (κ3) is 4.82. The Hall–Kier alpha value is -2.26. The summed E-state index contributed by atoms with van der Waals surface area (Å²) in [5.74, 6) is -0.420. The number of anilines is 1. The number of hydrogen-bond acceptors (Lipinski definition) is 7. The normalized spacial score (nSPS) is 19.6. The van der Waals surface area contributed by atoms with Crippen LogP contribution in [0.4, 0.5) is 5.95 Å². The van der Waals surface area contributed by atoms with Crippen molar-refractivity contribution in [3.8, 4) is 10.6 Å². The second-order valence-electron chi connectivity index (χ2n) is 7.90. The first-order valence-corrected chi connectivity index (χ1v) is 11.6. The molecule has 164 valence electrons. The summed E-state index contributed by atoms with van der Waals surface area (Å²) in [7, 11) is 0. The molecule has 0 aliphatic carbocycles. The highest BCUT2D eigenvalue weighted by atomic mass is 35.5. The standard InChI is InChI=1S/C22H26ClN5O2S/c1-13-10-24-11-14(2)28(13)8-4-7-25-22-26-12-17(23)20(27-22)19-9-16-15(21(29)30)5-3-6-18(16)31-19/h3,5-6,9,12-14,24H,4,7-8,10-11H2,1-2H3,(H,29,30)(H,25,26,27)/t13-,14+. The van der Waals surface area contributed by atoms with E-state index in [1.807, 2.05) is 12.1 Å². The smallest absolute Gasteiger partial charge is 0.336 e. The number of halogens is 1. The van der Waals surface area contributed by atoms with E-state index in [1.165, 1.54) is 11.3 Å². The van der Waals surface area contributed by atoms with Gasteiger partial charge in [-0.2, -0.15) is 0 Å². The number of aromatic nitrogens is 2. The molecule has 0 unspecified atom stereocenters. The monoisotopic (exact) mass is 459 g/mol. The summed E-state index contributed by atoms with van der Waals surface area (Å²) in [6.45, 7) is 8.35. The van der Waals surface area contributed by atoms with Crippen LogP contribution in [0.5, 0.6) is 0 Å². The lowest BCUT2D eigenvalue weighted by Crippen LogP contribution is -2.55. The minimum absolute atomic E-state index is 0.278. The van der Waals surface area contributed by atoms with Crippen LogP contribution in [0.25, 0.3) is 20.7 Å². The molecule has 1 fully saturated rings. The van der Waals surface area contributed by atoms with Gasteiger partial charge < -0.3 is 15.7 Å². The summed E-state index contributed by atoms with van der Waals surface area (Å²) in [5.41, 5.74) is 0.890. The molecule has 0 spiro atoms. The fourth-order valence-electron chi connectivity index (χ4n) is 4.06. The Bertz CT molecular complexity index is 1080. The number of carboxylic acids is 1. The number of nitrogens with one attached hydrogen (secondary N) is 2. The molecule has 4 rings (SSSR count). The molecule has 9 heteroatoms.